The van der Waals surface area contributed by atoms with Crippen molar-refractivity contribution in [3.8, 4) is 0 Å². The zero-order valence-electron chi connectivity index (χ0n) is 6.66. The summed E-state index contributed by atoms with van der Waals surface area (Å²) in [5, 5.41) is 2.49. The first-order valence-corrected chi connectivity index (χ1v) is 3.64. The molecule has 0 aromatic heterocycles. The summed E-state index contributed by atoms with van der Waals surface area (Å²) >= 11 is 0. The van der Waals surface area contributed by atoms with E-state index in [2.05, 4.69) is 12.2 Å². The van der Waals surface area contributed by atoms with Crippen molar-refractivity contribution >= 4 is 6.03 Å². The van der Waals surface area contributed by atoms with Gasteiger partial charge in [0.25, 0.3) is 0 Å². The normalized spacial score (nSPS) is 12.1. The van der Waals surface area contributed by atoms with Crippen LogP contribution in [0.25, 0.3) is 0 Å². The number of hydrogen-bond acceptors (Lipinski definition) is 1. The van der Waals surface area contributed by atoms with Gasteiger partial charge in [-0.3, -0.25) is 0 Å². The molecule has 2 amide bonds. The molecule has 1 aromatic carbocycles. The molecule has 0 aliphatic rings. The third-order valence-corrected chi connectivity index (χ3v) is 1.52. The highest BCUT2D eigenvalue weighted by atomic mass is 16.2. The van der Waals surface area contributed by atoms with Gasteiger partial charge in [0.05, 0.1) is 6.04 Å². The van der Waals surface area contributed by atoms with E-state index in [-0.39, 0.29) is 6.04 Å². The maximum Gasteiger partial charge on any atom is 0.312 e. The molecular weight excluding hydrogens is 152 g/mol. The molecule has 63 valence electrons. The number of urea groups is 1. The van der Waals surface area contributed by atoms with E-state index in [0.29, 0.717) is 0 Å². The minimum Gasteiger partial charge on any atom is -0.352 e. The summed E-state index contributed by atoms with van der Waals surface area (Å²) in [6.07, 6.45) is 0. The number of nitrogens with one attached hydrogen (secondary N) is 1. The third kappa shape index (κ3) is 2.27. The summed E-state index contributed by atoms with van der Waals surface area (Å²) in [7, 11) is 0. The summed E-state index contributed by atoms with van der Waals surface area (Å²) in [4.78, 5) is 10.5. The van der Waals surface area contributed by atoms with Gasteiger partial charge in [0.1, 0.15) is 0 Å². The Labute approximate surface area is 71.6 Å². The quantitative estimate of drug-likeness (QED) is 0.676. The van der Waals surface area contributed by atoms with Gasteiger partial charge in [-0.15, -0.1) is 0 Å². The van der Waals surface area contributed by atoms with Crippen molar-refractivity contribution in [1.82, 2.24) is 5.32 Å². The zero-order chi connectivity index (χ0) is 8.97. The highest BCUT2D eigenvalue weighted by Crippen LogP contribution is 2.09. The van der Waals surface area contributed by atoms with Crippen LogP contribution in [0.1, 0.15) is 11.6 Å². The number of nitrogens with two attached hydrogens (primary N) is 1. The average molecular weight is 163 g/mol. The fraction of sp³-hybridized carbons (Fsp3) is 0.111. The van der Waals surface area contributed by atoms with Gasteiger partial charge in [0.2, 0.25) is 0 Å². The SMILES string of the molecule is [CH2]C(NC(N)=O)c1ccccc1. The monoisotopic (exact) mass is 163 g/mol. The number of carbonyl (C=O) groups is 1. The highest BCUT2D eigenvalue weighted by molar-refractivity contribution is 5.72. The van der Waals surface area contributed by atoms with Gasteiger partial charge >= 0.3 is 6.03 Å². The molecule has 3 heteroatoms. The largest absolute Gasteiger partial charge is 0.352 e. The molecule has 1 radical (unpaired) electrons. The van der Waals surface area contributed by atoms with E-state index < -0.39 is 6.03 Å². The lowest BCUT2D eigenvalue weighted by molar-refractivity contribution is 0.247. The fourth-order valence-electron chi connectivity index (χ4n) is 0.940. The molecule has 0 fully saturated rings. The Morgan fingerprint density at radius 3 is 2.50 bits per heavy atom. The maximum atomic E-state index is 10.5. The Morgan fingerprint density at radius 2 is 2.00 bits per heavy atom. The first kappa shape index (κ1) is 8.59. The van der Waals surface area contributed by atoms with Crippen LogP contribution in [0.3, 0.4) is 0 Å². The number of amides is 2. The minimum absolute atomic E-state index is 0.274. The summed E-state index contributed by atoms with van der Waals surface area (Å²) in [5.74, 6) is 0. The van der Waals surface area contributed by atoms with Crippen LogP contribution < -0.4 is 11.1 Å². The molecule has 0 heterocycles. The molecule has 3 nitrogen and oxygen atoms in total. The molecule has 0 spiro atoms. The topological polar surface area (TPSA) is 55.1 Å². The van der Waals surface area contributed by atoms with E-state index in [4.69, 9.17) is 5.73 Å². The number of hydrogen-bond donors (Lipinski definition) is 2. The molecule has 1 aromatic rings. The Bertz CT molecular complexity index is 258. The molecule has 0 saturated carbocycles. The maximum absolute atomic E-state index is 10.5. The van der Waals surface area contributed by atoms with Gasteiger partial charge in [-0.05, 0) is 12.5 Å². The van der Waals surface area contributed by atoms with Crippen LogP contribution in [-0.4, -0.2) is 6.03 Å². The molecule has 0 bridgehead atoms. The van der Waals surface area contributed by atoms with Crippen LogP contribution in [0.2, 0.25) is 0 Å². The van der Waals surface area contributed by atoms with Crippen LogP contribution in [-0.2, 0) is 0 Å². The molecular formula is C9H11N2O. The van der Waals surface area contributed by atoms with Crippen molar-refractivity contribution in [2.24, 2.45) is 5.73 Å². The van der Waals surface area contributed by atoms with E-state index in [9.17, 15) is 4.79 Å². The van der Waals surface area contributed by atoms with Crippen LogP contribution in [0.5, 0.6) is 0 Å². The second-order valence-corrected chi connectivity index (χ2v) is 2.47. The van der Waals surface area contributed by atoms with Crippen LogP contribution in [0, 0.1) is 6.92 Å². The first-order valence-electron chi connectivity index (χ1n) is 3.64. The summed E-state index contributed by atoms with van der Waals surface area (Å²) in [6, 6.07) is 8.61. The van der Waals surface area contributed by atoms with E-state index >= 15 is 0 Å². The van der Waals surface area contributed by atoms with Gasteiger partial charge in [0, 0.05) is 0 Å². The summed E-state index contributed by atoms with van der Waals surface area (Å²) < 4.78 is 0. The molecule has 0 aliphatic heterocycles. The molecule has 1 unspecified atom stereocenters. The lowest BCUT2D eigenvalue weighted by atomic mass is 10.1. The van der Waals surface area contributed by atoms with Gasteiger partial charge in [-0.25, -0.2) is 4.79 Å². The predicted molar refractivity (Wildman–Crippen MR) is 47.3 cm³/mol. The van der Waals surface area contributed by atoms with Gasteiger partial charge < -0.3 is 11.1 Å². The number of rotatable bonds is 2. The smallest absolute Gasteiger partial charge is 0.312 e. The van der Waals surface area contributed by atoms with E-state index in [1.807, 2.05) is 30.3 Å². The number of benzene rings is 1. The lowest BCUT2D eigenvalue weighted by Crippen LogP contribution is -2.31. The Morgan fingerprint density at radius 1 is 1.42 bits per heavy atom. The van der Waals surface area contributed by atoms with Crippen LogP contribution in [0.15, 0.2) is 30.3 Å². The second kappa shape index (κ2) is 3.76. The highest BCUT2D eigenvalue weighted by Gasteiger charge is 2.04. The Balaban J connectivity index is 2.65. The van der Waals surface area contributed by atoms with E-state index in [1.165, 1.54) is 0 Å². The van der Waals surface area contributed by atoms with Gasteiger partial charge in [-0.1, -0.05) is 30.3 Å². The van der Waals surface area contributed by atoms with Crippen molar-refractivity contribution in [3.05, 3.63) is 42.8 Å². The minimum atomic E-state index is -0.557. The van der Waals surface area contributed by atoms with Crippen LogP contribution >= 0.6 is 0 Å². The second-order valence-electron chi connectivity index (χ2n) is 2.47. The van der Waals surface area contributed by atoms with Crippen molar-refractivity contribution < 1.29 is 4.79 Å². The Hall–Kier alpha value is -1.51. The lowest BCUT2D eigenvalue weighted by Gasteiger charge is -2.11. The zero-order valence-corrected chi connectivity index (χ0v) is 6.66. The van der Waals surface area contributed by atoms with E-state index in [0.717, 1.165) is 5.56 Å². The van der Waals surface area contributed by atoms with Crippen molar-refractivity contribution in [1.29, 1.82) is 0 Å². The van der Waals surface area contributed by atoms with Crippen LogP contribution in [0.4, 0.5) is 4.79 Å². The first-order chi connectivity index (χ1) is 5.70. The predicted octanol–water partition coefficient (Wildman–Crippen LogP) is 1.23. The molecule has 3 N–H and O–H groups in total. The summed E-state index contributed by atoms with van der Waals surface area (Å²) in [5.41, 5.74) is 5.88. The fourth-order valence-corrected chi connectivity index (χ4v) is 0.940. The van der Waals surface area contributed by atoms with Crippen molar-refractivity contribution in [3.63, 3.8) is 0 Å². The summed E-state index contributed by atoms with van der Waals surface area (Å²) in [6.45, 7) is 3.74. The van der Waals surface area contributed by atoms with E-state index in [1.54, 1.807) is 0 Å². The third-order valence-electron chi connectivity index (χ3n) is 1.52. The molecule has 0 aliphatic carbocycles. The Kier molecular flexibility index (Phi) is 2.69. The molecule has 1 rings (SSSR count). The van der Waals surface area contributed by atoms with Gasteiger partial charge in [-0.2, -0.15) is 0 Å². The molecule has 12 heavy (non-hydrogen) atoms. The average Bonchev–Trinajstić information content (AvgIpc) is 2.05. The van der Waals surface area contributed by atoms with Crippen molar-refractivity contribution in [2.45, 2.75) is 6.04 Å². The number of carbonyl (C=O) groups excluding carboxylic acids is 1. The molecule has 0 saturated heterocycles. The van der Waals surface area contributed by atoms with Gasteiger partial charge in [0.15, 0.2) is 0 Å². The molecule has 1 atom stereocenters. The number of primary amides is 1. The standard InChI is InChI=1S/C9H11N2O/c1-7(11-9(10)12)8-5-3-2-4-6-8/h2-7H,1H2,(H3,10,11,12). The van der Waals surface area contributed by atoms with Crippen molar-refractivity contribution in [2.75, 3.05) is 0 Å².